The first kappa shape index (κ1) is 15.8. The zero-order valence-electron chi connectivity index (χ0n) is 11.9. The number of nitrogens with two attached hydrogens (primary N) is 2. The van der Waals surface area contributed by atoms with Gasteiger partial charge >= 0.3 is 0 Å². The summed E-state index contributed by atoms with van der Waals surface area (Å²) in [4.78, 5) is 38.5. The number of nitrogens with one attached hydrogen (secondary N) is 2. The lowest BCUT2D eigenvalue weighted by Gasteiger charge is -2.16. The quantitative estimate of drug-likeness (QED) is 0.402. The Morgan fingerprint density at radius 2 is 1.87 bits per heavy atom. The molecule has 0 saturated carbocycles. The molecule has 0 aromatic carbocycles. The molecular weight excluding hydrogens is 300 g/mol. The highest BCUT2D eigenvalue weighted by Gasteiger charge is 2.14. The summed E-state index contributed by atoms with van der Waals surface area (Å²) in [6, 6.07) is 2.79. The minimum Gasteiger partial charge on any atom is -0.368 e. The van der Waals surface area contributed by atoms with E-state index >= 15 is 0 Å². The Labute approximate surface area is 131 Å². The third kappa shape index (κ3) is 4.20. The molecule has 2 rings (SSSR count). The zero-order valence-corrected chi connectivity index (χ0v) is 11.9. The van der Waals surface area contributed by atoms with Gasteiger partial charge in [-0.1, -0.05) is 6.58 Å². The number of hydrogen-bond acceptors (Lipinski definition) is 8. The fourth-order valence-corrected chi connectivity index (χ4v) is 1.57. The van der Waals surface area contributed by atoms with Crippen LogP contribution in [0.2, 0.25) is 0 Å². The summed E-state index contributed by atoms with van der Waals surface area (Å²) in [5, 5.41) is 5.38. The van der Waals surface area contributed by atoms with E-state index in [9.17, 15) is 9.59 Å². The molecule has 0 aliphatic rings. The Balaban J connectivity index is 2.08. The van der Waals surface area contributed by atoms with Crippen molar-refractivity contribution in [2.24, 2.45) is 5.73 Å². The van der Waals surface area contributed by atoms with Crippen LogP contribution in [-0.4, -0.2) is 37.9 Å². The van der Waals surface area contributed by atoms with Crippen molar-refractivity contribution in [2.75, 3.05) is 11.1 Å². The van der Waals surface area contributed by atoms with E-state index in [1.165, 1.54) is 30.6 Å². The second-order valence-electron chi connectivity index (χ2n) is 4.26. The van der Waals surface area contributed by atoms with E-state index in [1.807, 2.05) is 0 Å². The smallest absolute Gasteiger partial charge is 0.271 e. The van der Waals surface area contributed by atoms with Crippen LogP contribution in [0.3, 0.4) is 0 Å². The highest BCUT2D eigenvalue weighted by atomic mass is 16.2. The molecule has 0 spiro atoms. The average molecular weight is 314 g/mol. The lowest BCUT2D eigenvalue weighted by atomic mass is 10.3. The molecule has 0 radical (unpaired) electrons. The standard InChI is InChI=1S/C13H14N8O2/c1-2-9(20-11(23)8-4-5-16-12(15)18-8)21-13-17-6-3-7(19-13)10(14)22/h2-6,9H,1H2,(H2,14,22)(H,20,23)(H2,15,16,18)(H,17,19,21). The predicted molar refractivity (Wildman–Crippen MR) is 82.1 cm³/mol. The van der Waals surface area contributed by atoms with E-state index in [0.29, 0.717) is 0 Å². The van der Waals surface area contributed by atoms with Crippen molar-refractivity contribution in [1.29, 1.82) is 0 Å². The monoisotopic (exact) mass is 314 g/mol. The minimum atomic E-state index is -0.707. The van der Waals surface area contributed by atoms with Crippen molar-refractivity contribution < 1.29 is 9.59 Å². The Morgan fingerprint density at radius 1 is 1.17 bits per heavy atom. The Hall–Kier alpha value is -3.56. The summed E-state index contributed by atoms with van der Waals surface area (Å²) in [6.07, 6.45) is 3.44. The molecule has 0 fully saturated rings. The number of aromatic nitrogens is 4. The number of rotatable bonds is 6. The van der Waals surface area contributed by atoms with Crippen LogP contribution in [0.5, 0.6) is 0 Å². The molecule has 2 aromatic heterocycles. The van der Waals surface area contributed by atoms with Crippen molar-refractivity contribution in [3.05, 3.63) is 48.6 Å². The van der Waals surface area contributed by atoms with E-state index in [1.54, 1.807) is 0 Å². The van der Waals surface area contributed by atoms with Crippen molar-refractivity contribution >= 4 is 23.7 Å². The van der Waals surface area contributed by atoms with Crippen molar-refractivity contribution in [1.82, 2.24) is 25.3 Å². The van der Waals surface area contributed by atoms with Crippen LogP contribution in [0.25, 0.3) is 0 Å². The van der Waals surface area contributed by atoms with Gasteiger partial charge in [-0.15, -0.1) is 0 Å². The summed E-state index contributed by atoms with van der Waals surface area (Å²) in [6.45, 7) is 3.60. The molecule has 10 heteroatoms. The van der Waals surface area contributed by atoms with Crippen molar-refractivity contribution in [3.63, 3.8) is 0 Å². The number of hydrogen-bond donors (Lipinski definition) is 4. The highest BCUT2D eigenvalue weighted by Crippen LogP contribution is 2.03. The maximum atomic E-state index is 12.1. The van der Waals surface area contributed by atoms with Gasteiger partial charge in [-0.05, 0) is 18.2 Å². The van der Waals surface area contributed by atoms with Gasteiger partial charge in [0.1, 0.15) is 17.6 Å². The molecule has 23 heavy (non-hydrogen) atoms. The third-order valence-electron chi connectivity index (χ3n) is 2.62. The number of nitrogen functional groups attached to an aromatic ring is 1. The molecule has 6 N–H and O–H groups in total. The largest absolute Gasteiger partial charge is 0.368 e. The molecule has 2 amide bonds. The number of amides is 2. The summed E-state index contributed by atoms with van der Waals surface area (Å²) in [5.41, 5.74) is 10.7. The highest BCUT2D eigenvalue weighted by molar-refractivity contribution is 5.93. The molecule has 118 valence electrons. The Kier molecular flexibility index (Phi) is 4.77. The van der Waals surface area contributed by atoms with Gasteiger partial charge in [-0.25, -0.2) is 19.9 Å². The van der Waals surface area contributed by atoms with Crippen molar-refractivity contribution in [2.45, 2.75) is 6.17 Å². The lowest BCUT2D eigenvalue weighted by molar-refractivity contribution is 0.0941. The molecule has 2 aromatic rings. The SMILES string of the molecule is C=CC(NC(=O)c1ccnc(N)n1)Nc1nccc(C(N)=O)n1. The van der Waals surface area contributed by atoms with E-state index in [2.05, 4.69) is 37.1 Å². The number of nitrogens with zero attached hydrogens (tertiary/aromatic N) is 4. The van der Waals surface area contributed by atoms with Gasteiger partial charge in [0.2, 0.25) is 11.9 Å². The van der Waals surface area contributed by atoms with E-state index in [0.717, 1.165) is 0 Å². The minimum absolute atomic E-state index is 0.0155. The fourth-order valence-electron chi connectivity index (χ4n) is 1.57. The summed E-state index contributed by atoms with van der Waals surface area (Å²) in [5.74, 6) is -1.10. The number of carbonyl (C=O) groups excluding carboxylic acids is 2. The molecule has 0 bridgehead atoms. The molecule has 0 saturated heterocycles. The molecule has 2 heterocycles. The van der Waals surface area contributed by atoms with Gasteiger partial charge in [-0.3, -0.25) is 9.59 Å². The van der Waals surface area contributed by atoms with Crippen LogP contribution in [0.15, 0.2) is 37.2 Å². The van der Waals surface area contributed by atoms with E-state index in [-0.39, 0.29) is 23.3 Å². The van der Waals surface area contributed by atoms with Gasteiger partial charge in [0.05, 0.1) is 0 Å². The maximum absolute atomic E-state index is 12.1. The molecule has 0 aliphatic carbocycles. The van der Waals surface area contributed by atoms with Gasteiger partial charge in [0.25, 0.3) is 11.8 Å². The van der Waals surface area contributed by atoms with Crippen LogP contribution >= 0.6 is 0 Å². The summed E-state index contributed by atoms with van der Waals surface area (Å²) >= 11 is 0. The van der Waals surface area contributed by atoms with Crippen LogP contribution in [-0.2, 0) is 0 Å². The number of carbonyl (C=O) groups is 2. The van der Waals surface area contributed by atoms with Gasteiger partial charge in [0, 0.05) is 12.4 Å². The molecule has 1 atom stereocenters. The van der Waals surface area contributed by atoms with Crippen LogP contribution < -0.4 is 22.1 Å². The fraction of sp³-hybridized carbons (Fsp3) is 0.0769. The predicted octanol–water partition coefficient (Wildman–Crippen LogP) is -0.698. The Bertz CT molecular complexity index is 748. The molecule has 0 aliphatic heterocycles. The van der Waals surface area contributed by atoms with Crippen LogP contribution in [0, 0.1) is 0 Å². The summed E-state index contributed by atoms with van der Waals surface area (Å²) < 4.78 is 0. The van der Waals surface area contributed by atoms with Crippen molar-refractivity contribution in [3.8, 4) is 0 Å². The van der Waals surface area contributed by atoms with E-state index in [4.69, 9.17) is 11.5 Å². The average Bonchev–Trinajstić information content (AvgIpc) is 2.54. The second-order valence-corrected chi connectivity index (χ2v) is 4.26. The molecule has 1 unspecified atom stereocenters. The number of primary amides is 1. The topological polar surface area (TPSA) is 162 Å². The summed E-state index contributed by atoms with van der Waals surface area (Å²) in [7, 11) is 0. The third-order valence-corrected chi connectivity index (χ3v) is 2.62. The van der Waals surface area contributed by atoms with E-state index < -0.39 is 18.0 Å². The zero-order chi connectivity index (χ0) is 16.8. The van der Waals surface area contributed by atoms with Gasteiger partial charge in [0.15, 0.2) is 0 Å². The van der Waals surface area contributed by atoms with Gasteiger partial charge < -0.3 is 22.1 Å². The molecule has 10 nitrogen and oxygen atoms in total. The first-order valence-electron chi connectivity index (χ1n) is 6.41. The first-order chi connectivity index (χ1) is 11.0. The van der Waals surface area contributed by atoms with Crippen LogP contribution in [0.1, 0.15) is 21.0 Å². The second kappa shape index (κ2) is 6.93. The number of anilines is 2. The normalized spacial score (nSPS) is 11.3. The lowest BCUT2D eigenvalue weighted by Crippen LogP contribution is -2.39. The maximum Gasteiger partial charge on any atom is 0.271 e. The van der Waals surface area contributed by atoms with Gasteiger partial charge in [-0.2, -0.15) is 0 Å². The van der Waals surface area contributed by atoms with Crippen LogP contribution in [0.4, 0.5) is 11.9 Å². The Morgan fingerprint density at radius 3 is 2.52 bits per heavy atom. The molecular formula is C13H14N8O2. The first-order valence-corrected chi connectivity index (χ1v) is 6.41.